The Morgan fingerprint density at radius 3 is 2.50 bits per heavy atom. The first-order valence-electron chi connectivity index (χ1n) is 6.97. The molecule has 0 unspecified atom stereocenters. The second kappa shape index (κ2) is 8.27. The van der Waals surface area contributed by atoms with Gasteiger partial charge in [0.05, 0.1) is 20.0 Å². The Morgan fingerprint density at radius 1 is 1.15 bits per heavy atom. The van der Waals surface area contributed by atoms with Crippen molar-refractivity contribution in [2.75, 3.05) is 20.0 Å². The Bertz CT molecular complexity index is 509. The Balaban J connectivity index is 2.77. The van der Waals surface area contributed by atoms with Crippen LogP contribution in [0, 0.1) is 0 Å². The smallest absolute Gasteiger partial charge is 0.264 e. The van der Waals surface area contributed by atoms with E-state index >= 15 is 0 Å². The molecule has 114 valence electrons. The fourth-order valence-corrected chi connectivity index (χ4v) is 2.56. The number of hydrogen-bond donors (Lipinski definition) is 0. The van der Waals surface area contributed by atoms with Crippen molar-refractivity contribution in [1.82, 2.24) is 0 Å². The van der Waals surface area contributed by atoms with Crippen molar-refractivity contribution >= 4 is 10.1 Å². The standard InChI is InChI=1S/C15H24O4S/c1-4-5-6-9-14-13(8-7-10-15(14)18-2)11-12-19-20(3,16)17/h7-8,10H,4-6,9,11-12H2,1-3H3. The molecule has 0 saturated heterocycles. The minimum atomic E-state index is -3.37. The van der Waals surface area contributed by atoms with Crippen molar-refractivity contribution in [3.63, 3.8) is 0 Å². The zero-order valence-electron chi connectivity index (χ0n) is 12.5. The molecule has 0 heterocycles. The summed E-state index contributed by atoms with van der Waals surface area (Å²) in [4.78, 5) is 0. The normalized spacial score (nSPS) is 11.6. The number of ether oxygens (including phenoxy) is 1. The predicted octanol–water partition coefficient (Wildman–Crippen LogP) is 2.95. The molecule has 1 rings (SSSR count). The van der Waals surface area contributed by atoms with Gasteiger partial charge in [-0.1, -0.05) is 31.9 Å². The molecule has 0 aliphatic heterocycles. The molecule has 0 bridgehead atoms. The maximum Gasteiger partial charge on any atom is 0.264 e. The van der Waals surface area contributed by atoms with Gasteiger partial charge < -0.3 is 4.74 Å². The highest BCUT2D eigenvalue weighted by Gasteiger charge is 2.10. The van der Waals surface area contributed by atoms with E-state index in [1.54, 1.807) is 7.11 Å². The zero-order valence-corrected chi connectivity index (χ0v) is 13.3. The van der Waals surface area contributed by atoms with E-state index in [0.717, 1.165) is 30.4 Å². The van der Waals surface area contributed by atoms with Crippen LogP contribution in [0.4, 0.5) is 0 Å². The second-order valence-corrected chi connectivity index (χ2v) is 6.48. The quantitative estimate of drug-likeness (QED) is 0.520. The lowest BCUT2D eigenvalue weighted by molar-refractivity contribution is 0.325. The third-order valence-corrected chi connectivity index (χ3v) is 3.74. The largest absolute Gasteiger partial charge is 0.496 e. The summed E-state index contributed by atoms with van der Waals surface area (Å²) in [5, 5.41) is 0. The summed E-state index contributed by atoms with van der Waals surface area (Å²) in [6.07, 6.45) is 6.05. The summed E-state index contributed by atoms with van der Waals surface area (Å²) < 4.78 is 32.2. The molecule has 0 saturated carbocycles. The molecule has 0 atom stereocenters. The first-order chi connectivity index (χ1) is 9.48. The molecular weight excluding hydrogens is 276 g/mol. The Morgan fingerprint density at radius 2 is 1.90 bits per heavy atom. The van der Waals surface area contributed by atoms with E-state index in [4.69, 9.17) is 8.92 Å². The summed E-state index contributed by atoms with van der Waals surface area (Å²) in [6.45, 7) is 2.34. The molecule has 20 heavy (non-hydrogen) atoms. The maximum absolute atomic E-state index is 11.0. The van der Waals surface area contributed by atoms with E-state index in [0.29, 0.717) is 6.42 Å². The van der Waals surface area contributed by atoms with Crippen molar-refractivity contribution in [3.05, 3.63) is 29.3 Å². The lowest BCUT2D eigenvalue weighted by atomic mass is 9.98. The van der Waals surface area contributed by atoms with Crippen molar-refractivity contribution in [2.24, 2.45) is 0 Å². The van der Waals surface area contributed by atoms with Crippen LogP contribution in [0.3, 0.4) is 0 Å². The third-order valence-electron chi connectivity index (χ3n) is 3.15. The molecule has 1 aromatic carbocycles. The molecular formula is C15H24O4S. The van der Waals surface area contributed by atoms with Gasteiger partial charge in [0.1, 0.15) is 5.75 Å². The molecule has 4 nitrogen and oxygen atoms in total. The molecule has 0 aliphatic rings. The molecule has 0 fully saturated rings. The molecule has 1 aromatic rings. The third kappa shape index (κ3) is 5.92. The van der Waals surface area contributed by atoms with Gasteiger partial charge in [-0.3, -0.25) is 4.18 Å². The van der Waals surface area contributed by atoms with Gasteiger partial charge in [0, 0.05) is 0 Å². The molecule has 5 heteroatoms. The van der Waals surface area contributed by atoms with Crippen molar-refractivity contribution in [1.29, 1.82) is 0 Å². The van der Waals surface area contributed by atoms with Crippen molar-refractivity contribution in [2.45, 2.75) is 39.0 Å². The van der Waals surface area contributed by atoms with E-state index < -0.39 is 10.1 Å². The highest BCUT2D eigenvalue weighted by atomic mass is 32.2. The van der Waals surface area contributed by atoms with Gasteiger partial charge in [0.2, 0.25) is 0 Å². The molecule has 0 aromatic heterocycles. The topological polar surface area (TPSA) is 52.6 Å². The van der Waals surface area contributed by atoms with Crippen LogP contribution in [-0.2, 0) is 27.1 Å². The maximum atomic E-state index is 11.0. The van der Waals surface area contributed by atoms with Gasteiger partial charge in [-0.05, 0) is 36.5 Å². The first-order valence-corrected chi connectivity index (χ1v) is 8.78. The molecule has 0 N–H and O–H groups in total. The van der Waals surface area contributed by atoms with Gasteiger partial charge >= 0.3 is 0 Å². The number of benzene rings is 1. The lowest BCUT2D eigenvalue weighted by Gasteiger charge is -2.14. The number of methoxy groups -OCH3 is 1. The Kier molecular flexibility index (Phi) is 7.02. The van der Waals surface area contributed by atoms with Crippen LogP contribution >= 0.6 is 0 Å². The average Bonchev–Trinajstić information content (AvgIpc) is 2.38. The van der Waals surface area contributed by atoms with Crippen molar-refractivity contribution in [3.8, 4) is 5.75 Å². The summed E-state index contributed by atoms with van der Waals surface area (Å²) in [6, 6.07) is 5.88. The summed E-state index contributed by atoms with van der Waals surface area (Å²) in [5.74, 6) is 0.873. The van der Waals surface area contributed by atoms with E-state index in [2.05, 4.69) is 6.92 Å². The van der Waals surface area contributed by atoms with E-state index in [9.17, 15) is 8.42 Å². The van der Waals surface area contributed by atoms with Crippen LogP contribution in [-0.4, -0.2) is 28.4 Å². The van der Waals surface area contributed by atoms with Gasteiger partial charge in [-0.15, -0.1) is 0 Å². The van der Waals surface area contributed by atoms with Crippen LogP contribution in [0.1, 0.15) is 37.3 Å². The minimum Gasteiger partial charge on any atom is -0.496 e. The summed E-state index contributed by atoms with van der Waals surface area (Å²) >= 11 is 0. The van der Waals surface area contributed by atoms with E-state index in [1.165, 1.54) is 18.4 Å². The summed E-state index contributed by atoms with van der Waals surface area (Å²) in [5.41, 5.74) is 2.27. The molecule has 0 spiro atoms. The van der Waals surface area contributed by atoms with Crippen LogP contribution in [0.2, 0.25) is 0 Å². The fourth-order valence-electron chi connectivity index (χ4n) is 2.18. The summed E-state index contributed by atoms with van der Waals surface area (Å²) in [7, 11) is -1.71. The highest BCUT2D eigenvalue weighted by molar-refractivity contribution is 7.85. The Labute approximate surface area is 122 Å². The average molecular weight is 300 g/mol. The molecule has 0 aliphatic carbocycles. The Hall–Kier alpha value is -1.07. The highest BCUT2D eigenvalue weighted by Crippen LogP contribution is 2.25. The predicted molar refractivity (Wildman–Crippen MR) is 80.7 cm³/mol. The van der Waals surface area contributed by atoms with E-state index in [1.807, 2.05) is 18.2 Å². The first kappa shape index (κ1) is 17.0. The van der Waals surface area contributed by atoms with Crippen LogP contribution in [0.5, 0.6) is 5.75 Å². The van der Waals surface area contributed by atoms with Gasteiger partial charge in [0.25, 0.3) is 10.1 Å². The fraction of sp³-hybridized carbons (Fsp3) is 0.600. The SMILES string of the molecule is CCCCCc1c(CCOS(C)(=O)=O)cccc1OC. The van der Waals surface area contributed by atoms with Gasteiger partial charge in [-0.25, -0.2) is 0 Å². The lowest BCUT2D eigenvalue weighted by Crippen LogP contribution is -2.08. The zero-order chi connectivity index (χ0) is 15.0. The van der Waals surface area contributed by atoms with Crippen LogP contribution < -0.4 is 4.74 Å². The van der Waals surface area contributed by atoms with E-state index in [-0.39, 0.29) is 6.61 Å². The molecule has 0 radical (unpaired) electrons. The van der Waals surface area contributed by atoms with Gasteiger partial charge in [-0.2, -0.15) is 8.42 Å². The minimum absolute atomic E-state index is 0.173. The van der Waals surface area contributed by atoms with Crippen LogP contribution in [0.15, 0.2) is 18.2 Å². The second-order valence-electron chi connectivity index (χ2n) is 4.83. The van der Waals surface area contributed by atoms with Crippen LogP contribution in [0.25, 0.3) is 0 Å². The van der Waals surface area contributed by atoms with Crippen molar-refractivity contribution < 1.29 is 17.3 Å². The molecule has 0 amide bonds. The number of unbranched alkanes of at least 4 members (excludes halogenated alkanes) is 2. The number of rotatable bonds is 9. The monoisotopic (exact) mass is 300 g/mol. The van der Waals surface area contributed by atoms with Gasteiger partial charge in [0.15, 0.2) is 0 Å². The number of hydrogen-bond acceptors (Lipinski definition) is 4.